The molecule has 0 aliphatic heterocycles. The van der Waals surface area contributed by atoms with Crippen LogP contribution in [0.4, 0.5) is 4.79 Å². The molecule has 1 aromatic carbocycles. The fraction of sp³-hybridized carbons (Fsp3) is 0.438. The smallest absolute Gasteiger partial charge is 0.408 e. The van der Waals surface area contributed by atoms with Crippen molar-refractivity contribution in [1.82, 2.24) is 14.9 Å². The summed E-state index contributed by atoms with van der Waals surface area (Å²) < 4.78 is 7.07. The zero-order valence-corrected chi connectivity index (χ0v) is 13.7. The van der Waals surface area contributed by atoms with E-state index in [9.17, 15) is 9.59 Å². The predicted molar refractivity (Wildman–Crippen MR) is 85.4 cm³/mol. The monoisotopic (exact) mass is 319 g/mol. The minimum absolute atomic E-state index is 0.207. The Labute approximate surface area is 134 Å². The van der Waals surface area contributed by atoms with Gasteiger partial charge in [0, 0.05) is 6.54 Å². The molecular weight excluding hydrogens is 298 g/mol. The minimum Gasteiger partial charge on any atom is -0.478 e. The van der Waals surface area contributed by atoms with E-state index in [0.29, 0.717) is 17.9 Å². The summed E-state index contributed by atoms with van der Waals surface area (Å²) in [5.41, 5.74) is 1.07. The molecule has 0 atom stereocenters. The number of aromatic nitrogens is 2. The SMILES string of the molecule is CCn1c(CNC(=O)OC(C)(C)C)nc2ccc(C(=O)O)cc21. The van der Waals surface area contributed by atoms with Crippen LogP contribution in [-0.4, -0.2) is 32.3 Å². The van der Waals surface area contributed by atoms with Crippen LogP contribution in [0.3, 0.4) is 0 Å². The third-order valence-electron chi connectivity index (χ3n) is 3.18. The Hall–Kier alpha value is -2.57. The van der Waals surface area contributed by atoms with Gasteiger partial charge < -0.3 is 19.7 Å². The number of ether oxygens (including phenoxy) is 1. The van der Waals surface area contributed by atoms with E-state index in [0.717, 1.165) is 5.52 Å². The lowest BCUT2D eigenvalue weighted by molar-refractivity contribution is 0.0521. The highest BCUT2D eigenvalue weighted by molar-refractivity contribution is 5.92. The molecule has 0 saturated heterocycles. The number of hydrogen-bond acceptors (Lipinski definition) is 4. The number of fused-ring (bicyclic) bond motifs is 1. The van der Waals surface area contributed by atoms with Gasteiger partial charge in [0.05, 0.1) is 23.1 Å². The summed E-state index contributed by atoms with van der Waals surface area (Å²) in [5, 5.41) is 11.8. The Morgan fingerprint density at radius 3 is 2.61 bits per heavy atom. The van der Waals surface area contributed by atoms with Gasteiger partial charge in [0.15, 0.2) is 0 Å². The highest BCUT2D eigenvalue weighted by Crippen LogP contribution is 2.18. The van der Waals surface area contributed by atoms with E-state index < -0.39 is 17.7 Å². The van der Waals surface area contributed by atoms with Gasteiger partial charge in [-0.25, -0.2) is 14.6 Å². The maximum absolute atomic E-state index is 11.7. The minimum atomic E-state index is -0.982. The molecule has 0 fully saturated rings. The number of hydrogen-bond donors (Lipinski definition) is 2. The van der Waals surface area contributed by atoms with Crippen molar-refractivity contribution >= 4 is 23.1 Å². The molecule has 1 heterocycles. The summed E-state index contributed by atoms with van der Waals surface area (Å²) in [6.07, 6.45) is -0.515. The molecule has 0 radical (unpaired) electrons. The van der Waals surface area contributed by atoms with Gasteiger partial charge >= 0.3 is 12.1 Å². The lowest BCUT2D eigenvalue weighted by atomic mass is 10.2. The Morgan fingerprint density at radius 2 is 2.04 bits per heavy atom. The first kappa shape index (κ1) is 16.8. The van der Waals surface area contributed by atoms with Gasteiger partial charge in [-0.1, -0.05) is 0 Å². The number of carboxylic acid groups (broad SMARTS) is 1. The lowest BCUT2D eigenvalue weighted by Crippen LogP contribution is -2.32. The van der Waals surface area contributed by atoms with Gasteiger partial charge in [0.2, 0.25) is 0 Å². The molecule has 0 aliphatic carbocycles. The first-order valence-electron chi connectivity index (χ1n) is 7.40. The van der Waals surface area contributed by atoms with Crippen molar-refractivity contribution in [2.45, 2.75) is 46.4 Å². The van der Waals surface area contributed by atoms with Crippen molar-refractivity contribution in [2.75, 3.05) is 0 Å². The number of aromatic carboxylic acids is 1. The Morgan fingerprint density at radius 1 is 1.35 bits per heavy atom. The van der Waals surface area contributed by atoms with Crippen LogP contribution in [0, 0.1) is 0 Å². The van der Waals surface area contributed by atoms with Crippen molar-refractivity contribution in [3.63, 3.8) is 0 Å². The average molecular weight is 319 g/mol. The number of carbonyl (C=O) groups is 2. The van der Waals surface area contributed by atoms with Crippen molar-refractivity contribution in [3.05, 3.63) is 29.6 Å². The number of amides is 1. The fourth-order valence-corrected chi connectivity index (χ4v) is 2.26. The van der Waals surface area contributed by atoms with Gasteiger partial charge in [0.1, 0.15) is 11.4 Å². The van der Waals surface area contributed by atoms with E-state index >= 15 is 0 Å². The standard InChI is InChI=1S/C16H21N3O4/c1-5-19-12-8-10(14(20)21)6-7-11(12)18-13(19)9-17-15(22)23-16(2,3)4/h6-8H,5,9H2,1-4H3,(H,17,22)(H,20,21). The summed E-state index contributed by atoms with van der Waals surface area (Å²) in [4.78, 5) is 27.3. The third-order valence-corrected chi connectivity index (χ3v) is 3.18. The Balaban J connectivity index is 2.24. The summed E-state index contributed by atoms with van der Waals surface area (Å²) in [7, 11) is 0. The van der Waals surface area contributed by atoms with E-state index in [2.05, 4.69) is 10.3 Å². The summed E-state index contributed by atoms with van der Waals surface area (Å²) in [6, 6.07) is 4.77. The number of aryl methyl sites for hydroxylation is 1. The zero-order valence-electron chi connectivity index (χ0n) is 13.7. The van der Waals surface area contributed by atoms with Crippen LogP contribution in [0.2, 0.25) is 0 Å². The highest BCUT2D eigenvalue weighted by Gasteiger charge is 2.17. The number of benzene rings is 1. The molecule has 2 aromatic rings. The fourth-order valence-electron chi connectivity index (χ4n) is 2.26. The number of rotatable bonds is 4. The van der Waals surface area contributed by atoms with Crippen molar-refractivity contribution < 1.29 is 19.4 Å². The first-order valence-corrected chi connectivity index (χ1v) is 7.40. The second-order valence-electron chi connectivity index (χ2n) is 6.14. The zero-order chi connectivity index (χ0) is 17.2. The maximum Gasteiger partial charge on any atom is 0.408 e. The van der Waals surface area contributed by atoms with Crippen molar-refractivity contribution in [2.24, 2.45) is 0 Å². The number of carboxylic acids is 1. The molecular formula is C16H21N3O4. The summed E-state index contributed by atoms with van der Waals surface area (Å²) in [5.74, 6) is -0.333. The molecule has 23 heavy (non-hydrogen) atoms. The molecule has 7 nitrogen and oxygen atoms in total. The second-order valence-corrected chi connectivity index (χ2v) is 6.14. The number of nitrogens with zero attached hydrogens (tertiary/aromatic N) is 2. The molecule has 7 heteroatoms. The number of alkyl carbamates (subject to hydrolysis) is 1. The molecule has 0 saturated carbocycles. The molecule has 2 N–H and O–H groups in total. The largest absolute Gasteiger partial charge is 0.478 e. The molecule has 1 aromatic heterocycles. The molecule has 0 unspecified atom stereocenters. The molecule has 0 bridgehead atoms. The van der Waals surface area contributed by atoms with E-state index in [1.54, 1.807) is 32.9 Å². The topological polar surface area (TPSA) is 93.5 Å². The van der Waals surface area contributed by atoms with Crippen LogP contribution in [0.25, 0.3) is 11.0 Å². The molecule has 1 amide bonds. The van der Waals surface area contributed by atoms with Crippen LogP contribution < -0.4 is 5.32 Å². The third kappa shape index (κ3) is 4.00. The highest BCUT2D eigenvalue weighted by atomic mass is 16.6. The Kier molecular flexibility index (Phi) is 4.58. The van der Waals surface area contributed by atoms with E-state index in [1.165, 1.54) is 6.07 Å². The average Bonchev–Trinajstić information content (AvgIpc) is 2.79. The normalized spacial score (nSPS) is 11.5. The van der Waals surface area contributed by atoms with E-state index in [-0.39, 0.29) is 12.1 Å². The van der Waals surface area contributed by atoms with Gasteiger partial charge in [-0.05, 0) is 45.9 Å². The van der Waals surface area contributed by atoms with Crippen LogP contribution in [0.1, 0.15) is 43.9 Å². The molecule has 124 valence electrons. The van der Waals surface area contributed by atoms with Crippen LogP contribution >= 0.6 is 0 Å². The molecule has 2 rings (SSSR count). The van der Waals surface area contributed by atoms with Gasteiger partial charge in [-0.3, -0.25) is 0 Å². The predicted octanol–water partition coefficient (Wildman–Crippen LogP) is 2.78. The van der Waals surface area contributed by atoms with Gasteiger partial charge in [-0.2, -0.15) is 0 Å². The van der Waals surface area contributed by atoms with Gasteiger partial charge in [0.25, 0.3) is 0 Å². The van der Waals surface area contributed by atoms with Crippen LogP contribution in [0.15, 0.2) is 18.2 Å². The summed E-state index contributed by atoms with van der Waals surface area (Å²) >= 11 is 0. The Bertz CT molecular complexity index is 744. The van der Waals surface area contributed by atoms with Crippen LogP contribution in [0.5, 0.6) is 0 Å². The molecule has 0 aliphatic rings. The van der Waals surface area contributed by atoms with E-state index in [1.807, 2.05) is 11.5 Å². The first-order chi connectivity index (χ1) is 10.7. The lowest BCUT2D eigenvalue weighted by Gasteiger charge is -2.19. The number of nitrogens with one attached hydrogen (secondary N) is 1. The maximum atomic E-state index is 11.7. The van der Waals surface area contributed by atoms with Crippen LogP contribution in [-0.2, 0) is 17.8 Å². The molecule has 0 spiro atoms. The number of carbonyl (C=O) groups excluding carboxylic acids is 1. The summed E-state index contributed by atoms with van der Waals surface area (Å²) in [6.45, 7) is 8.14. The van der Waals surface area contributed by atoms with Crippen molar-refractivity contribution in [3.8, 4) is 0 Å². The van der Waals surface area contributed by atoms with E-state index in [4.69, 9.17) is 9.84 Å². The number of imidazole rings is 1. The van der Waals surface area contributed by atoms with Gasteiger partial charge in [-0.15, -0.1) is 0 Å². The van der Waals surface area contributed by atoms with Crippen molar-refractivity contribution in [1.29, 1.82) is 0 Å². The second kappa shape index (κ2) is 6.28. The quantitative estimate of drug-likeness (QED) is 0.904.